The zero-order chi connectivity index (χ0) is 27.7. The third-order valence-corrected chi connectivity index (χ3v) is 8.89. The Morgan fingerprint density at radius 3 is 2.45 bits per heavy atom. The van der Waals surface area contributed by atoms with Gasteiger partial charge in [-0.25, -0.2) is 8.42 Å². The molecule has 38 heavy (non-hydrogen) atoms. The second-order valence-corrected chi connectivity index (χ2v) is 12.9. The minimum absolute atomic E-state index is 0.0547. The molecule has 1 atom stereocenters. The smallest absolute Gasteiger partial charge is 0.305 e. The number of hydrogen-bond acceptors (Lipinski definition) is 6. The number of carbonyl (C=O) groups excluding carboxylic acids is 2. The Hall–Kier alpha value is -2.71. The molecule has 2 aromatic rings. The summed E-state index contributed by atoms with van der Waals surface area (Å²) in [5.41, 5.74) is 4.21. The summed E-state index contributed by atoms with van der Waals surface area (Å²) < 4.78 is 29.4. The Kier molecular flexibility index (Phi) is 10.9. The molecule has 1 amide bonds. The zero-order valence-corrected chi connectivity index (χ0v) is 24.0. The Balaban J connectivity index is 1.82. The minimum Gasteiger partial charge on any atom is -0.469 e. The van der Waals surface area contributed by atoms with Crippen molar-refractivity contribution < 1.29 is 22.7 Å². The molecule has 0 aliphatic heterocycles. The number of esters is 1. The first kappa shape index (κ1) is 29.8. The molecule has 0 bridgehead atoms. The molecule has 3 rings (SSSR count). The summed E-state index contributed by atoms with van der Waals surface area (Å²) in [5.74, 6) is -0.187. The van der Waals surface area contributed by atoms with Crippen LogP contribution in [0.1, 0.15) is 72.9 Å². The lowest BCUT2D eigenvalue weighted by atomic mass is 9.87. The number of nitrogens with zero attached hydrogens (tertiary/aromatic N) is 1. The van der Waals surface area contributed by atoms with Crippen molar-refractivity contribution in [2.24, 2.45) is 5.92 Å². The number of sulfone groups is 1. The molecule has 1 saturated carbocycles. The molecular weight excluding hydrogens is 500 g/mol. The molecular formula is C30H42N2O5S. The van der Waals surface area contributed by atoms with Gasteiger partial charge in [0.2, 0.25) is 0 Å². The first-order chi connectivity index (χ1) is 18.1. The van der Waals surface area contributed by atoms with Crippen molar-refractivity contribution in [3.63, 3.8) is 0 Å². The molecule has 1 aliphatic carbocycles. The van der Waals surface area contributed by atoms with Crippen LogP contribution in [0.4, 0.5) is 0 Å². The average Bonchev–Trinajstić information content (AvgIpc) is 2.89. The average molecular weight is 543 g/mol. The molecule has 1 aliphatic rings. The number of carbonyl (C=O) groups is 2. The predicted molar refractivity (Wildman–Crippen MR) is 151 cm³/mol. The molecule has 0 saturated heterocycles. The highest BCUT2D eigenvalue weighted by Crippen LogP contribution is 2.30. The van der Waals surface area contributed by atoms with Crippen molar-refractivity contribution in [1.29, 1.82) is 0 Å². The predicted octanol–water partition coefficient (Wildman–Crippen LogP) is 5.12. The van der Waals surface area contributed by atoms with Gasteiger partial charge in [-0.05, 0) is 73.7 Å². The van der Waals surface area contributed by atoms with Crippen LogP contribution in [0.5, 0.6) is 0 Å². The quantitative estimate of drug-likeness (QED) is 0.375. The van der Waals surface area contributed by atoms with Crippen LogP contribution in [0.2, 0.25) is 0 Å². The van der Waals surface area contributed by atoms with E-state index in [0.29, 0.717) is 5.56 Å². The number of ether oxygens (including phenoxy) is 1. The summed E-state index contributed by atoms with van der Waals surface area (Å²) in [6.07, 6.45) is 8.84. The van der Waals surface area contributed by atoms with Gasteiger partial charge in [0, 0.05) is 24.8 Å². The van der Waals surface area contributed by atoms with Gasteiger partial charge in [-0.2, -0.15) is 0 Å². The van der Waals surface area contributed by atoms with Crippen LogP contribution in [0.25, 0.3) is 11.1 Å². The topological polar surface area (TPSA) is 92.8 Å². The van der Waals surface area contributed by atoms with Crippen molar-refractivity contribution in [1.82, 2.24) is 10.2 Å². The van der Waals surface area contributed by atoms with Gasteiger partial charge < -0.3 is 15.0 Å². The van der Waals surface area contributed by atoms with Gasteiger partial charge >= 0.3 is 5.97 Å². The van der Waals surface area contributed by atoms with Crippen LogP contribution in [0.3, 0.4) is 0 Å². The number of nitrogens with one attached hydrogen (secondary N) is 1. The van der Waals surface area contributed by atoms with Crippen molar-refractivity contribution in [3.05, 3.63) is 59.2 Å². The lowest BCUT2D eigenvalue weighted by Crippen LogP contribution is -2.41. The van der Waals surface area contributed by atoms with E-state index < -0.39 is 27.1 Å². The Morgan fingerprint density at radius 2 is 1.79 bits per heavy atom. The molecule has 1 fully saturated rings. The number of hydrogen-bond donors (Lipinski definition) is 1. The molecule has 1 N–H and O–H groups in total. The second kappa shape index (κ2) is 13.9. The van der Waals surface area contributed by atoms with E-state index in [4.69, 9.17) is 0 Å². The van der Waals surface area contributed by atoms with Gasteiger partial charge in [0.05, 0.1) is 7.11 Å². The van der Waals surface area contributed by atoms with Crippen LogP contribution in [0, 0.1) is 12.8 Å². The van der Waals surface area contributed by atoms with Crippen LogP contribution in [-0.2, 0) is 25.9 Å². The van der Waals surface area contributed by atoms with Crippen molar-refractivity contribution >= 4 is 21.7 Å². The van der Waals surface area contributed by atoms with Crippen molar-refractivity contribution in [2.45, 2.75) is 70.2 Å². The summed E-state index contributed by atoms with van der Waals surface area (Å²) in [5, 5.41) is 1.46. The summed E-state index contributed by atoms with van der Waals surface area (Å²) in [6, 6.07) is 13.6. The molecule has 0 aromatic heterocycles. The van der Waals surface area contributed by atoms with Gasteiger partial charge in [0.25, 0.3) is 5.91 Å². The van der Waals surface area contributed by atoms with E-state index in [0.717, 1.165) is 47.5 Å². The maximum Gasteiger partial charge on any atom is 0.305 e. The number of amides is 1. The summed E-state index contributed by atoms with van der Waals surface area (Å²) in [7, 11) is -0.260. The fourth-order valence-electron chi connectivity index (χ4n) is 5.22. The molecule has 0 heterocycles. The monoisotopic (exact) mass is 542 g/mol. The van der Waals surface area contributed by atoms with Crippen molar-refractivity contribution in [2.75, 3.05) is 27.0 Å². The Bertz CT molecular complexity index is 1200. The number of methoxy groups -OCH3 is 1. The maximum atomic E-state index is 13.4. The van der Waals surface area contributed by atoms with Crippen LogP contribution in [0.15, 0.2) is 42.5 Å². The third kappa shape index (κ3) is 8.67. The highest BCUT2D eigenvalue weighted by atomic mass is 32.2. The van der Waals surface area contributed by atoms with Gasteiger partial charge in [-0.3, -0.25) is 9.59 Å². The van der Waals surface area contributed by atoms with Crippen LogP contribution < -0.4 is 5.32 Å². The summed E-state index contributed by atoms with van der Waals surface area (Å²) in [4.78, 5) is 27.4. The lowest BCUT2D eigenvalue weighted by Gasteiger charge is -2.25. The van der Waals surface area contributed by atoms with E-state index in [2.05, 4.69) is 22.0 Å². The fraction of sp³-hybridized carbons (Fsp3) is 0.533. The summed E-state index contributed by atoms with van der Waals surface area (Å²) in [6.45, 7) is 3.79. The standard InChI is InChI=1S/C30H42N2O5S/c1-22-10-8-9-13-25(22)27-20-24(21-32(2)19-18-23-11-6-5-7-12-23)14-15-26(27)30(34)31-28(38(4,35)36)16-17-29(33)37-3/h8-10,13-15,20,23,28H,5-7,11-12,16-19,21H2,1-4H3,(H,31,34). The van der Waals surface area contributed by atoms with E-state index in [-0.39, 0.29) is 12.8 Å². The third-order valence-electron chi connectivity index (χ3n) is 7.51. The normalized spacial score (nSPS) is 15.3. The summed E-state index contributed by atoms with van der Waals surface area (Å²) >= 11 is 0. The van der Waals surface area contributed by atoms with Gasteiger partial charge in [-0.15, -0.1) is 0 Å². The fourth-order valence-corrected chi connectivity index (χ4v) is 6.09. The van der Waals surface area contributed by atoms with Gasteiger partial charge in [0.1, 0.15) is 5.37 Å². The molecule has 7 nitrogen and oxygen atoms in total. The largest absolute Gasteiger partial charge is 0.469 e. The molecule has 0 radical (unpaired) electrons. The van der Waals surface area contributed by atoms with Crippen molar-refractivity contribution in [3.8, 4) is 11.1 Å². The second-order valence-electron chi connectivity index (χ2n) is 10.6. The molecule has 0 spiro atoms. The SMILES string of the molecule is COC(=O)CCC(NC(=O)c1ccc(CN(C)CCC2CCCCC2)cc1-c1ccccc1C)S(C)(=O)=O. The van der Waals surface area contributed by atoms with Gasteiger partial charge in [-0.1, -0.05) is 62.4 Å². The van der Waals surface area contributed by atoms with E-state index in [1.54, 1.807) is 6.07 Å². The number of aryl methyl sites for hydroxylation is 1. The van der Waals surface area contributed by atoms with Gasteiger partial charge in [0.15, 0.2) is 9.84 Å². The first-order valence-corrected chi connectivity index (χ1v) is 15.5. The minimum atomic E-state index is -3.64. The lowest BCUT2D eigenvalue weighted by molar-refractivity contribution is -0.140. The maximum absolute atomic E-state index is 13.4. The highest BCUT2D eigenvalue weighted by molar-refractivity contribution is 7.91. The van der Waals surface area contributed by atoms with E-state index >= 15 is 0 Å². The van der Waals surface area contributed by atoms with E-state index in [1.165, 1.54) is 45.6 Å². The zero-order valence-electron chi connectivity index (χ0n) is 23.2. The van der Waals surface area contributed by atoms with Crippen LogP contribution >= 0.6 is 0 Å². The Labute approximate surface area is 227 Å². The highest BCUT2D eigenvalue weighted by Gasteiger charge is 2.26. The van der Waals surface area contributed by atoms with E-state index in [1.807, 2.05) is 43.3 Å². The van der Waals surface area contributed by atoms with Crippen LogP contribution in [-0.4, -0.2) is 57.5 Å². The molecule has 208 valence electrons. The number of benzene rings is 2. The molecule has 2 aromatic carbocycles. The molecule has 1 unspecified atom stereocenters. The number of rotatable bonds is 12. The first-order valence-electron chi connectivity index (χ1n) is 13.5. The molecule has 8 heteroatoms. The Morgan fingerprint density at radius 1 is 1.08 bits per heavy atom. The van der Waals surface area contributed by atoms with E-state index in [9.17, 15) is 18.0 Å².